The summed E-state index contributed by atoms with van der Waals surface area (Å²) in [5, 5.41) is 3.12. The van der Waals surface area contributed by atoms with Gasteiger partial charge in [-0.25, -0.2) is 0 Å². The second-order valence-electron chi connectivity index (χ2n) is 8.28. The van der Waals surface area contributed by atoms with Crippen LogP contribution in [0.5, 0.6) is 23.0 Å². The Morgan fingerprint density at radius 3 is 2.69 bits per heavy atom. The molecule has 1 N–H and O–H groups in total. The molecule has 4 rings (SSSR count). The van der Waals surface area contributed by atoms with Gasteiger partial charge in [0.05, 0.1) is 40.0 Å². The van der Waals surface area contributed by atoms with E-state index in [4.69, 9.17) is 18.9 Å². The number of benzene rings is 2. The zero-order valence-corrected chi connectivity index (χ0v) is 19.1. The number of hydrogen-bond donors (Lipinski definition) is 1. The van der Waals surface area contributed by atoms with E-state index in [-0.39, 0.29) is 18.0 Å². The second kappa shape index (κ2) is 10.1. The lowest BCUT2D eigenvalue weighted by atomic mass is 10.0. The summed E-state index contributed by atoms with van der Waals surface area (Å²) >= 11 is 0. The molecule has 2 atom stereocenters. The van der Waals surface area contributed by atoms with Gasteiger partial charge in [-0.15, -0.1) is 0 Å². The Kier molecular flexibility index (Phi) is 7.05. The topological polar surface area (TPSA) is 69.3 Å². The Balaban J connectivity index is 1.42. The molecule has 32 heavy (non-hydrogen) atoms. The number of fused-ring (bicyclic) bond motifs is 1. The van der Waals surface area contributed by atoms with Crippen LogP contribution in [0.1, 0.15) is 49.4 Å². The number of carbonyl (C=O) groups is 1. The van der Waals surface area contributed by atoms with E-state index >= 15 is 0 Å². The largest absolute Gasteiger partial charge is 0.497 e. The van der Waals surface area contributed by atoms with Gasteiger partial charge in [0.15, 0.2) is 11.5 Å². The molecule has 0 aliphatic carbocycles. The van der Waals surface area contributed by atoms with Gasteiger partial charge in [-0.2, -0.15) is 0 Å². The fourth-order valence-corrected chi connectivity index (χ4v) is 4.51. The summed E-state index contributed by atoms with van der Waals surface area (Å²) in [6, 6.07) is 11.8. The van der Waals surface area contributed by atoms with Crippen molar-refractivity contribution in [3.05, 3.63) is 47.5 Å². The first-order valence-electron chi connectivity index (χ1n) is 11.2. The van der Waals surface area contributed by atoms with Crippen LogP contribution in [0.15, 0.2) is 36.4 Å². The maximum Gasteiger partial charge on any atom is 0.234 e. The summed E-state index contributed by atoms with van der Waals surface area (Å²) in [5.74, 6) is 3.05. The van der Waals surface area contributed by atoms with E-state index in [2.05, 4.69) is 22.3 Å². The first-order chi connectivity index (χ1) is 15.6. The van der Waals surface area contributed by atoms with Crippen LogP contribution in [0.4, 0.5) is 0 Å². The number of ether oxygens (including phenoxy) is 4. The standard InChI is InChI=1S/C25H32N2O5/c1-17(20-15-19(29-2)8-10-22(20)30-3)26-25(28)16-27-11-4-6-21(27)18-7-9-23-24(14-18)32-13-5-12-31-23/h7-10,14-15,17,21H,4-6,11-13,16H2,1-3H3,(H,26,28). The van der Waals surface area contributed by atoms with Crippen LogP contribution in [0.3, 0.4) is 0 Å². The number of hydrogen-bond acceptors (Lipinski definition) is 6. The fraction of sp³-hybridized carbons (Fsp3) is 0.480. The van der Waals surface area contributed by atoms with Gasteiger partial charge >= 0.3 is 0 Å². The summed E-state index contributed by atoms with van der Waals surface area (Å²) in [6.07, 6.45) is 2.97. The van der Waals surface area contributed by atoms with Gasteiger partial charge in [-0.3, -0.25) is 9.69 Å². The summed E-state index contributed by atoms with van der Waals surface area (Å²) in [4.78, 5) is 15.2. The van der Waals surface area contributed by atoms with Crippen molar-refractivity contribution in [2.24, 2.45) is 0 Å². The van der Waals surface area contributed by atoms with Gasteiger partial charge in [-0.05, 0) is 62.2 Å². The van der Waals surface area contributed by atoms with E-state index in [0.29, 0.717) is 19.8 Å². The Morgan fingerprint density at radius 2 is 1.91 bits per heavy atom. The highest BCUT2D eigenvalue weighted by Gasteiger charge is 2.29. The van der Waals surface area contributed by atoms with E-state index in [1.165, 1.54) is 5.56 Å². The van der Waals surface area contributed by atoms with E-state index < -0.39 is 0 Å². The van der Waals surface area contributed by atoms with Gasteiger partial charge < -0.3 is 24.3 Å². The predicted octanol–water partition coefficient (Wildman–Crippen LogP) is 3.88. The van der Waals surface area contributed by atoms with E-state index in [9.17, 15) is 4.79 Å². The fourth-order valence-electron chi connectivity index (χ4n) is 4.51. The summed E-state index contributed by atoms with van der Waals surface area (Å²) in [7, 11) is 3.26. The molecule has 172 valence electrons. The molecule has 7 heteroatoms. The number of methoxy groups -OCH3 is 2. The number of nitrogens with one attached hydrogen (secondary N) is 1. The molecule has 0 saturated carbocycles. The molecule has 2 unspecified atom stereocenters. The highest BCUT2D eigenvalue weighted by Crippen LogP contribution is 2.38. The molecular formula is C25H32N2O5. The lowest BCUT2D eigenvalue weighted by Crippen LogP contribution is -2.38. The lowest BCUT2D eigenvalue weighted by Gasteiger charge is -2.26. The molecule has 2 aromatic rings. The molecule has 2 aliphatic heterocycles. The molecule has 1 saturated heterocycles. The van der Waals surface area contributed by atoms with Gasteiger partial charge in [-0.1, -0.05) is 6.07 Å². The van der Waals surface area contributed by atoms with Crippen molar-refractivity contribution in [1.82, 2.24) is 10.2 Å². The number of rotatable bonds is 7. The van der Waals surface area contributed by atoms with Crippen molar-refractivity contribution in [2.45, 2.75) is 38.3 Å². The smallest absolute Gasteiger partial charge is 0.234 e. The lowest BCUT2D eigenvalue weighted by molar-refractivity contribution is -0.123. The van der Waals surface area contributed by atoms with Crippen molar-refractivity contribution >= 4 is 5.91 Å². The number of carbonyl (C=O) groups excluding carboxylic acids is 1. The second-order valence-corrected chi connectivity index (χ2v) is 8.28. The Morgan fingerprint density at radius 1 is 1.09 bits per heavy atom. The molecule has 0 radical (unpaired) electrons. The van der Waals surface area contributed by atoms with Crippen molar-refractivity contribution in [1.29, 1.82) is 0 Å². The Bertz CT molecular complexity index is 948. The third-order valence-corrected chi connectivity index (χ3v) is 6.15. The maximum atomic E-state index is 12.9. The van der Waals surface area contributed by atoms with Crippen LogP contribution in [-0.2, 0) is 4.79 Å². The molecule has 0 bridgehead atoms. The van der Waals surface area contributed by atoms with Crippen LogP contribution < -0.4 is 24.3 Å². The molecule has 1 fully saturated rings. The van der Waals surface area contributed by atoms with Crippen molar-refractivity contribution in [3.63, 3.8) is 0 Å². The highest BCUT2D eigenvalue weighted by molar-refractivity contribution is 5.78. The van der Waals surface area contributed by atoms with Crippen molar-refractivity contribution < 1.29 is 23.7 Å². The van der Waals surface area contributed by atoms with Crippen LogP contribution in [0.25, 0.3) is 0 Å². The zero-order chi connectivity index (χ0) is 22.5. The number of amides is 1. The third kappa shape index (κ3) is 4.93. The van der Waals surface area contributed by atoms with Crippen molar-refractivity contribution in [2.75, 3.05) is 40.5 Å². The van der Waals surface area contributed by atoms with Gasteiger partial charge in [0, 0.05) is 18.0 Å². The molecule has 0 aromatic heterocycles. The van der Waals surface area contributed by atoms with Gasteiger partial charge in [0.1, 0.15) is 11.5 Å². The molecule has 2 heterocycles. The van der Waals surface area contributed by atoms with E-state index in [0.717, 1.165) is 54.4 Å². The average molecular weight is 441 g/mol. The zero-order valence-electron chi connectivity index (χ0n) is 19.1. The summed E-state index contributed by atoms with van der Waals surface area (Å²) < 4.78 is 22.4. The number of likely N-dealkylation sites (tertiary alicyclic amines) is 1. The number of nitrogens with zero attached hydrogens (tertiary/aromatic N) is 1. The minimum absolute atomic E-state index is 0.0105. The highest BCUT2D eigenvalue weighted by atomic mass is 16.5. The van der Waals surface area contributed by atoms with Crippen molar-refractivity contribution in [3.8, 4) is 23.0 Å². The van der Waals surface area contributed by atoms with Gasteiger partial charge in [0.2, 0.25) is 5.91 Å². The van der Waals surface area contributed by atoms with Crippen LogP contribution >= 0.6 is 0 Å². The quantitative estimate of drug-likeness (QED) is 0.705. The molecule has 7 nitrogen and oxygen atoms in total. The Hall–Kier alpha value is -2.93. The summed E-state index contributed by atoms with van der Waals surface area (Å²) in [5.41, 5.74) is 2.06. The molecule has 2 aromatic carbocycles. The molecule has 2 aliphatic rings. The monoisotopic (exact) mass is 440 g/mol. The Labute approximate surface area is 189 Å². The third-order valence-electron chi connectivity index (χ3n) is 6.15. The maximum absolute atomic E-state index is 12.9. The van der Waals surface area contributed by atoms with Crippen LogP contribution in [0, 0.1) is 0 Å². The van der Waals surface area contributed by atoms with Crippen LogP contribution in [-0.4, -0.2) is 51.3 Å². The SMILES string of the molecule is COc1ccc(OC)c(C(C)NC(=O)CN2CCCC2c2ccc3c(c2)OCCCO3)c1. The molecule has 1 amide bonds. The van der Waals surface area contributed by atoms with Crippen LogP contribution in [0.2, 0.25) is 0 Å². The van der Waals surface area contributed by atoms with E-state index in [1.807, 2.05) is 31.2 Å². The van der Waals surface area contributed by atoms with Gasteiger partial charge in [0.25, 0.3) is 0 Å². The normalized spacial score (nSPS) is 19.2. The minimum atomic E-state index is -0.202. The van der Waals surface area contributed by atoms with E-state index in [1.54, 1.807) is 14.2 Å². The molecular weight excluding hydrogens is 408 g/mol. The average Bonchev–Trinajstić information content (AvgIpc) is 3.13. The predicted molar refractivity (Wildman–Crippen MR) is 122 cm³/mol. The summed E-state index contributed by atoms with van der Waals surface area (Å²) in [6.45, 7) is 4.54. The molecule has 0 spiro atoms. The minimum Gasteiger partial charge on any atom is -0.497 e. The first-order valence-corrected chi connectivity index (χ1v) is 11.2. The first kappa shape index (κ1) is 22.3.